The van der Waals surface area contributed by atoms with Crippen LogP contribution in [0.1, 0.15) is 49.1 Å². The van der Waals surface area contributed by atoms with Crippen molar-refractivity contribution in [2.75, 3.05) is 18.4 Å². The predicted octanol–water partition coefficient (Wildman–Crippen LogP) is 6.13. The first-order chi connectivity index (χ1) is 16.3. The zero-order valence-corrected chi connectivity index (χ0v) is 18.5. The molecule has 8 heteroatoms. The number of alkyl halides is 3. The van der Waals surface area contributed by atoms with Crippen molar-refractivity contribution in [1.82, 2.24) is 9.88 Å². The summed E-state index contributed by atoms with van der Waals surface area (Å²) >= 11 is 0. The quantitative estimate of drug-likeness (QED) is 0.466. The van der Waals surface area contributed by atoms with Crippen LogP contribution in [0.2, 0.25) is 0 Å². The Hall–Kier alpha value is -3.00. The second-order valence-electron chi connectivity index (χ2n) is 9.24. The van der Waals surface area contributed by atoms with E-state index in [9.17, 15) is 22.4 Å². The van der Waals surface area contributed by atoms with E-state index in [-0.39, 0.29) is 17.6 Å². The molecule has 1 saturated heterocycles. The predicted molar refractivity (Wildman–Crippen MR) is 122 cm³/mol. The maximum atomic E-state index is 13.9. The summed E-state index contributed by atoms with van der Waals surface area (Å²) in [7, 11) is 0. The van der Waals surface area contributed by atoms with Crippen molar-refractivity contribution in [3.05, 3.63) is 71.7 Å². The molecule has 2 heterocycles. The van der Waals surface area contributed by atoms with E-state index in [1.165, 1.54) is 24.3 Å². The molecule has 2 fully saturated rings. The molecule has 34 heavy (non-hydrogen) atoms. The second kappa shape index (κ2) is 8.65. The third-order valence-corrected chi connectivity index (χ3v) is 7.35. The number of fused-ring (bicyclic) bond motifs is 1. The highest BCUT2D eigenvalue weighted by Crippen LogP contribution is 2.43. The van der Waals surface area contributed by atoms with E-state index in [0.717, 1.165) is 73.8 Å². The van der Waals surface area contributed by atoms with Gasteiger partial charge in [0.2, 0.25) is 5.91 Å². The minimum absolute atomic E-state index is 0.159. The van der Waals surface area contributed by atoms with E-state index in [1.807, 2.05) is 6.07 Å². The first-order valence-corrected chi connectivity index (χ1v) is 11.5. The van der Waals surface area contributed by atoms with Gasteiger partial charge in [0.25, 0.3) is 0 Å². The highest BCUT2D eigenvalue weighted by molar-refractivity contribution is 5.98. The van der Waals surface area contributed by atoms with Gasteiger partial charge in [-0.15, -0.1) is 0 Å². The fraction of sp³-hybridized carbons (Fsp3) is 0.385. The number of nitrogens with one attached hydrogen (secondary N) is 1. The van der Waals surface area contributed by atoms with Crippen molar-refractivity contribution in [2.45, 2.75) is 49.7 Å². The van der Waals surface area contributed by atoms with Crippen LogP contribution in [0.4, 0.5) is 23.2 Å². The molecule has 1 saturated carbocycles. The van der Waals surface area contributed by atoms with Crippen molar-refractivity contribution in [1.29, 1.82) is 0 Å². The zero-order chi connectivity index (χ0) is 23.9. The van der Waals surface area contributed by atoms with Crippen LogP contribution >= 0.6 is 0 Å². The molecule has 1 aromatic heterocycles. The summed E-state index contributed by atoms with van der Waals surface area (Å²) in [6.07, 6.45) is 1.42. The summed E-state index contributed by atoms with van der Waals surface area (Å²) in [5, 5.41) is 3.67. The van der Waals surface area contributed by atoms with Crippen LogP contribution in [-0.4, -0.2) is 34.4 Å². The Balaban J connectivity index is 1.28. The van der Waals surface area contributed by atoms with Crippen molar-refractivity contribution >= 4 is 22.5 Å². The number of halogens is 4. The maximum Gasteiger partial charge on any atom is 0.416 e. The molecular weight excluding hydrogens is 446 g/mol. The van der Waals surface area contributed by atoms with Crippen LogP contribution in [0.25, 0.3) is 10.9 Å². The molecule has 0 radical (unpaired) electrons. The van der Waals surface area contributed by atoms with Crippen molar-refractivity contribution < 1.29 is 22.4 Å². The number of rotatable bonds is 4. The number of pyridine rings is 1. The van der Waals surface area contributed by atoms with E-state index in [0.29, 0.717) is 5.69 Å². The molecule has 2 aromatic carbocycles. The molecule has 5 rings (SSSR count). The van der Waals surface area contributed by atoms with Crippen LogP contribution in [0.3, 0.4) is 0 Å². The highest BCUT2D eigenvalue weighted by Gasteiger charge is 2.49. The fourth-order valence-corrected chi connectivity index (χ4v) is 5.30. The Bertz CT molecular complexity index is 1200. The third-order valence-electron chi connectivity index (χ3n) is 7.35. The van der Waals surface area contributed by atoms with Gasteiger partial charge in [-0.05, 0) is 105 Å². The molecular formula is C26H25F4N3O. The van der Waals surface area contributed by atoms with E-state index in [2.05, 4.69) is 15.2 Å². The molecule has 3 aromatic rings. The molecule has 0 unspecified atom stereocenters. The van der Waals surface area contributed by atoms with Gasteiger partial charge in [0, 0.05) is 17.3 Å². The monoisotopic (exact) mass is 471 g/mol. The van der Waals surface area contributed by atoms with Gasteiger partial charge in [-0.1, -0.05) is 0 Å². The Labute approximate surface area is 195 Å². The number of likely N-dealkylation sites (tertiary alicyclic amines) is 1. The van der Waals surface area contributed by atoms with Crippen LogP contribution in [-0.2, 0) is 11.0 Å². The van der Waals surface area contributed by atoms with Gasteiger partial charge in [-0.25, -0.2) is 4.39 Å². The maximum absolute atomic E-state index is 13.9. The number of piperidine rings is 1. The van der Waals surface area contributed by atoms with Crippen LogP contribution < -0.4 is 5.32 Å². The summed E-state index contributed by atoms with van der Waals surface area (Å²) in [6.45, 7) is 1.45. The van der Waals surface area contributed by atoms with E-state index in [1.54, 1.807) is 12.3 Å². The third kappa shape index (κ3) is 4.15. The van der Waals surface area contributed by atoms with Crippen LogP contribution in [0.5, 0.6) is 0 Å². The van der Waals surface area contributed by atoms with Gasteiger partial charge in [0.1, 0.15) is 11.4 Å². The summed E-state index contributed by atoms with van der Waals surface area (Å²) in [6, 6.07) is 11.2. The molecule has 1 aliphatic heterocycles. The smallest absolute Gasteiger partial charge is 0.324 e. The lowest BCUT2D eigenvalue weighted by Gasteiger charge is -2.51. The lowest BCUT2D eigenvalue weighted by Crippen LogP contribution is -2.62. The SMILES string of the molecule is O=C(Nc1ccc(C(F)(F)F)cc1)C1(N2CCC(c3ccnc4ccc(F)cc34)CC2)CCC1. The standard InChI is InChI=1S/C26H25F4N3O/c27-19-4-7-23-22(16-19)21(8-13-31-23)17-9-14-33(15-10-17)25(11-1-12-25)24(34)32-20-5-2-18(3-6-20)26(28,29)30/h2-8,13,16-17H,1,9-12,14-15H2,(H,32,34). The fourth-order valence-electron chi connectivity index (χ4n) is 5.30. The van der Waals surface area contributed by atoms with E-state index in [4.69, 9.17) is 0 Å². The summed E-state index contributed by atoms with van der Waals surface area (Å²) in [5.41, 5.74) is 0.854. The number of hydrogen-bond acceptors (Lipinski definition) is 3. The number of amides is 1. The van der Waals surface area contributed by atoms with Gasteiger partial charge in [-0.2, -0.15) is 13.2 Å². The molecule has 2 aliphatic rings. The first kappa shape index (κ1) is 22.8. The van der Waals surface area contributed by atoms with Gasteiger partial charge in [0.05, 0.1) is 11.1 Å². The Morgan fingerprint density at radius 1 is 1.03 bits per heavy atom. The number of benzene rings is 2. The Morgan fingerprint density at radius 3 is 2.35 bits per heavy atom. The van der Waals surface area contributed by atoms with Crippen molar-refractivity contribution in [3.8, 4) is 0 Å². The molecule has 1 amide bonds. The van der Waals surface area contributed by atoms with E-state index >= 15 is 0 Å². The molecule has 0 atom stereocenters. The molecule has 0 spiro atoms. The van der Waals surface area contributed by atoms with Gasteiger partial charge >= 0.3 is 6.18 Å². The van der Waals surface area contributed by atoms with Crippen molar-refractivity contribution in [2.24, 2.45) is 0 Å². The number of carbonyl (C=O) groups is 1. The van der Waals surface area contributed by atoms with E-state index < -0.39 is 17.3 Å². The second-order valence-corrected chi connectivity index (χ2v) is 9.24. The first-order valence-electron chi connectivity index (χ1n) is 11.5. The molecule has 1 aliphatic carbocycles. The average Bonchev–Trinajstić information content (AvgIpc) is 2.78. The van der Waals surface area contributed by atoms with Crippen molar-refractivity contribution in [3.63, 3.8) is 0 Å². The summed E-state index contributed by atoms with van der Waals surface area (Å²) in [4.78, 5) is 19.8. The van der Waals surface area contributed by atoms with Crippen LogP contribution in [0.15, 0.2) is 54.7 Å². The summed E-state index contributed by atoms with van der Waals surface area (Å²) < 4.78 is 52.3. The topological polar surface area (TPSA) is 45.2 Å². The normalized spacial score (nSPS) is 19.1. The minimum Gasteiger partial charge on any atom is -0.324 e. The molecule has 178 valence electrons. The molecule has 1 N–H and O–H groups in total. The van der Waals surface area contributed by atoms with Crippen LogP contribution in [0, 0.1) is 5.82 Å². The zero-order valence-electron chi connectivity index (χ0n) is 18.5. The molecule has 4 nitrogen and oxygen atoms in total. The average molecular weight is 471 g/mol. The van der Waals surface area contributed by atoms with Gasteiger partial charge < -0.3 is 5.32 Å². The number of carbonyl (C=O) groups excluding carboxylic acids is 1. The van der Waals surface area contributed by atoms with Gasteiger partial charge in [0.15, 0.2) is 0 Å². The highest BCUT2D eigenvalue weighted by atomic mass is 19.4. The minimum atomic E-state index is -4.41. The number of hydrogen-bond donors (Lipinski definition) is 1. The lowest BCUT2D eigenvalue weighted by molar-refractivity contribution is -0.137. The molecule has 0 bridgehead atoms. The number of anilines is 1. The Kier molecular flexibility index (Phi) is 5.80. The Morgan fingerprint density at radius 2 is 1.74 bits per heavy atom. The van der Waals surface area contributed by atoms with Gasteiger partial charge in [-0.3, -0.25) is 14.7 Å². The summed E-state index contributed by atoms with van der Waals surface area (Å²) in [5.74, 6) is -0.195. The number of aromatic nitrogens is 1. The number of nitrogens with zero attached hydrogens (tertiary/aromatic N) is 2. The largest absolute Gasteiger partial charge is 0.416 e. The lowest BCUT2D eigenvalue weighted by atomic mass is 9.72.